The summed E-state index contributed by atoms with van der Waals surface area (Å²) in [6.45, 7) is 0. The molecule has 140 valence electrons. The molecule has 0 bridgehead atoms. The van der Waals surface area contributed by atoms with E-state index >= 15 is 0 Å². The van der Waals surface area contributed by atoms with Crippen molar-refractivity contribution in [3.05, 3.63) is 71.4 Å². The van der Waals surface area contributed by atoms with Crippen LogP contribution in [-0.2, 0) is 0 Å². The highest BCUT2D eigenvalue weighted by Gasteiger charge is 2.15. The van der Waals surface area contributed by atoms with Gasteiger partial charge in [0.05, 0.1) is 12.6 Å². The molecule has 0 radical (unpaired) electrons. The second-order valence-corrected chi connectivity index (χ2v) is 6.23. The van der Waals surface area contributed by atoms with Gasteiger partial charge in [0.25, 0.3) is 0 Å². The van der Waals surface area contributed by atoms with Crippen molar-refractivity contribution in [3.8, 4) is 17.3 Å². The Bertz CT molecular complexity index is 1190. The smallest absolute Gasteiger partial charge is 0.233 e. The van der Waals surface area contributed by atoms with Crippen LogP contribution in [0.25, 0.3) is 22.3 Å². The number of hydrogen-bond donors (Lipinski definition) is 1. The minimum absolute atomic E-state index is 0.256. The number of nitrogens with zero attached hydrogens (tertiary/aromatic N) is 3. The largest absolute Gasteiger partial charge is 0.480 e. The highest BCUT2D eigenvalue weighted by Crippen LogP contribution is 2.34. The molecule has 0 unspecified atom stereocenters. The molecule has 0 saturated carbocycles. The first kappa shape index (κ1) is 18.1. The molecule has 5 nitrogen and oxygen atoms in total. The monoisotopic (exact) mass is 398 g/mol. The number of benzene rings is 2. The average Bonchev–Trinajstić information content (AvgIpc) is 2.71. The minimum atomic E-state index is -0.953. The number of nitrogens with one attached hydrogen (secondary N) is 1. The van der Waals surface area contributed by atoms with Gasteiger partial charge in [-0.2, -0.15) is 0 Å². The fourth-order valence-electron chi connectivity index (χ4n) is 2.74. The summed E-state index contributed by atoms with van der Waals surface area (Å²) < 4.78 is 32.0. The number of para-hydroxylation sites is 1. The van der Waals surface area contributed by atoms with E-state index in [0.717, 1.165) is 12.1 Å². The number of anilines is 2. The number of ether oxygens (including phenoxy) is 1. The molecule has 0 aliphatic rings. The van der Waals surface area contributed by atoms with Crippen LogP contribution in [0.1, 0.15) is 0 Å². The number of hydrogen-bond acceptors (Lipinski definition) is 5. The summed E-state index contributed by atoms with van der Waals surface area (Å²) in [5.41, 5.74) is 1.55. The van der Waals surface area contributed by atoms with Crippen molar-refractivity contribution in [2.75, 3.05) is 12.4 Å². The minimum Gasteiger partial charge on any atom is -0.480 e. The third kappa shape index (κ3) is 3.32. The van der Waals surface area contributed by atoms with E-state index < -0.39 is 11.6 Å². The van der Waals surface area contributed by atoms with E-state index in [-0.39, 0.29) is 10.9 Å². The van der Waals surface area contributed by atoms with Crippen LogP contribution >= 0.6 is 11.6 Å². The lowest BCUT2D eigenvalue weighted by Crippen LogP contribution is -2.01. The Morgan fingerprint density at radius 1 is 1.00 bits per heavy atom. The Morgan fingerprint density at radius 3 is 2.61 bits per heavy atom. The molecule has 28 heavy (non-hydrogen) atoms. The Hall–Kier alpha value is -3.32. The third-order valence-corrected chi connectivity index (χ3v) is 4.44. The SMILES string of the molecule is COc1nccc(-c2nc(Nc3ccc(F)c(F)c3)c3ccccc3n2)c1Cl. The molecule has 8 heteroatoms. The van der Waals surface area contributed by atoms with Gasteiger partial charge < -0.3 is 10.1 Å². The van der Waals surface area contributed by atoms with Gasteiger partial charge in [-0.1, -0.05) is 23.7 Å². The summed E-state index contributed by atoms with van der Waals surface area (Å²) >= 11 is 6.37. The van der Waals surface area contributed by atoms with Gasteiger partial charge in [0, 0.05) is 28.9 Å². The zero-order valence-electron chi connectivity index (χ0n) is 14.6. The van der Waals surface area contributed by atoms with Crippen molar-refractivity contribution in [1.29, 1.82) is 0 Å². The van der Waals surface area contributed by atoms with E-state index in [0.29, 0.717) is 33.8 Å². The molecular formula is C20H13ClF2N4O. The van der Waals surface area contributed by atoms with Crippen LogP contribution in [0.3, 0.4) is 0 Å². The van der Waals surface area contributed by atoms with Gasteiger partial charge in [0.1, 0.15) is 10.8 Å². The van der Waals surface area contributed by atoms with E-state index in [4.69, 9.17) is 16.3 Å². The van der Waals surface area contributed by atoms with Crippen LogP contribution in [0.15, 0.2) is 54.7 Å². The molecular weight excluding hydrogens is 386 g/mol. The molecule has 0 fully saturated rings. The summed E-state index contributed by atoms with van der Waals surface area (Å²) in [5, 5.41) is 4.02. The summed E-state index contributed by atoms with van der Waals surface area (Å²) in [5.74, 6) is -0.848. The second-order valence-electron chi connectivity index (χ2n) is 5.85. The van der Waals surface area contributed by atoms with Gasteiger partial charge in [-0.25, -0.2) is 23.7 Å². The molecule has 2 aromatic heterocycles. The van der Waals surface area contributed by atoms with Crippen molar-refractivity contribution < 1.29 is 13.5 Å². The van der Waals surface area contributed by atoms with Crippen LogP contribution < -0.4 is 10.1 Å². The Balaban J connectivity index is 1.87. The molecule has 2 aromatic carbocycles. The lowest BCUT2D eigenvalue weighted by atomic mass is 10.2. The first-order valence-electron chi connectivity index (χ1n) is 8.24. The predicted molar refractivity (Wildman–Crippen MR) is 104 cm³/mol. The van der Waals surface area contributed by atoms with E-state index in [1.807, 2.05) is 24.3 Å². The van der Waals surface area contributed by atoms with Crippen molar-refractivity contribution >= 4 is 34.0 Å². The van der Waals surface area contributed by atoms with E-state index in [1.54, 1.807) is 12.3 Å². The molecule has 0 amide bonds. The Kier molecular flexibility index (Phi) is 4.75. The van der Waals surface area contributed by atoms with Crippen LogP contribution in [0, 0.1) is 11.6 Å². The van der Waals surface area contributed by atoms with Crippen molar-refractivity contribution in [2.24, 2.45) is 0 Å². The maximum Gasteiger partial charge on any atom is 0.233 e. The number of rotatable bonds is 4. The normalized spacial score (nSPS) is 10.9. The van der Waals surface area contributed by atoms with Gasteiger partial charge >= 0.3 is 0 Å². The summed E-state index contributed by atoms with van der Waals surface area (Å²) in [7, 11) is 1.47. The molecule has 1 N–H and O–H groups in total. The van der Waals surface area contributed by atoms with E-state index in [2.05, 4.69) is 20.3 Å². The van der Waals surface area contributed by atoms with Gasteiger partial charge in [-0.05, 0) is 30.3 Å². The molecule has 0 spiro atoms. The highest BCUT2D eigenvalue weighted by atomic mass is 35.5. The fourth-order valence-corrected chi connectivity index (χ4v) is 3.02. The average molecular weight is 399 g/mol. The second kappa shape index (κ2) is 7.36. The van der Waals surface area contributed by atoms with Crippen LogP contribution in [0.2, 0.25) is 5.02 Å². The third-order valence-electron chi connectivity index (χ3n) is 4.08. The first-order chi connectivity index (χ1) is 13.6. The lowest BCUT2D eigenvalue weighted by Gasteiger charge is -2.12. The number of fused-ring (bicyclic) bond motifs is 1. The molecule has 0 aliphatic carbocycles. The summed E-state index contributed by atoms with van der Waals surface area (Å²) in [6, 6.07) is 12.5. The zero-order chi connectivity index (χ0) is 19.7. The van der Waals surface area contributed by atoms with Crippen molar-refractivity contribution in [2.45, 2.75) is 0 Å². The van der Waals surface area contributed by atoms with Gasteiger partial charge in [-0.3, -0.25) is 0 Å². The maximum atomic E-state index is 13.6. The van der Waals surface area contributed by atoms with Crippen LogP contribution in [0.4, 0.5) is 20.3 Å². The van der Waals surface area contributed by atoms with Crippen molar-refractivity contribution in [3.63, 3.8) is 0 Å². The molecule has 4 rings (SSSR count). The quantitative estimate of drug-likeness (QED) is 0.500. The standard InChI is InChI=1S/C20H13ClF2N4O/c1-28-20-17(21)13(8-9-24-20)19-26-16-5-3-2-4-12(16)18(27-19)25-11-6-7-14(22)15(23)10-11/h2-10H,1H3,(H,25,26,27). The Morgan fingerprint density at radius 2 is 1.82 bits per heavy atom. The zero-order valence-corrected chi connectivity index (χ0v) is 15.3. The Labute approximate surface area is 164 Å². The number of pyridine rings is 1. The van der Waals surface area contributed by atoms with Gasteiger partial charge in [-0.15, -0.1) is 0 Å². The van der Waals surface area contributed by atoms with E-state index in [1.165, 1.54) is 13.2 Å². The van der Waals surface area contributed by atoms with Crippen LogP contribution in [0.5, 0.6) is 5.88 Å². The van der Waals surface area contributed by atoms with Crippen molar-refractivity contribution in [1.82, 2.24) is 15.0 Å². The fraction of sp³-hybridized carbons (Fsp3) is 0.0500. The summed E-state index contributed by atoms with van der Waals surface area (Å²) in [4.78, 5) is 13.2. The predicted octanol–water partition coefficient (Wildman–Crippen LogP) is 5.38. The van der Waals surface area contributed by atoms with Gasteiger partial charge in [0.15, 0.2) is 17.5 Å². The van der Waals surface area contributed by atoms with Gasteiger partial charge in [0.2, 0.25) is 5.88 Å². The number of halogens is 3. The number of methoxy groups -OCH3 is 1. The molecule has 4 aromatic rings. The molecule has 2 heterocycles. The molecule has 0 atom stereocenters. The first-order valence-corrected chi connectivity index (χ1v) is 8.62. The lowest BCUT2D eigenvalue weighted by molar-refractivity contribution is 0.398. The topological polar surface area (TPSA) is 59.9 Å². The summed E-state index contributed by atoms with van der Waals surface area (Å²) in [6.07, 6.45) is 1.54. The number of aromatic nitrogens is 3. The maximum absolute atomic E-state index is 13.6. The molecule has 0 saturated heterocycles. The molecule has 0 aliphatic heterocycles. The van der Waals surface area contributed by atoms with E-state index in [9.17, 15) is 8.78 Å². The van der Waals surface area contributed by atoms with Crippen LogP contribution in [-0.4, -0.2) is 22.1 Å². The highest BCUT2D eigenvalue weighted by molar-refractivity contribution is 6.34.